The fourth-order valence-corrected chi connectivity index (χ4v) is 5.53. The summed E-state index contributed by atoms with van der Waals surface area (Å²) >= 11 is 0.770. The van der Waals surface area contributed by atoms with Gasteiger partial charge < -0.3 is 26.3 Å². The monoisotopic (exact) mass is 551 g/mol. The van der Waals surface area contributed by atoms with Gasteiger partial charge in [0.2, 0.25) is 5.91 Å². The maximum absolute atomic E-state index is 14.3. The molecule has 1 fully saturated rings. The van der Waals surface area contributed by atoms with Crippen molar-refractivity contribution in [1.29, 1.82) is 0 Å². The summed E-state index contributed by atoms with van der Waals surface area (Å²) in [6, 6.07) is 9.52. The van der Waals surface area contributed by atoms with Crippen molar-refractivity contribution in [3.8, 4) is 11.5 Å². The highest BCUT2D eigenvalue weighted by Gasteiger charge is 2.37. The fraction of sp³-hybridized carbons (Fsp3) is 0.357. The zero-order valence-electron chi connectivity index (χ0n) is 22.4. The number of nitrogens with one attached hydrogen (secondary N) is 1. The number of methoxy groups -OCH3 is 2. The quantitative estimate of drug-likeness (QED) is 0.365. The number of nitrogens with zero attached hydrogens (tertiary/aromatic N) is 2. The average Bonchev–Trinajstić information content (AvgIpc) is 3.57. The highest BCUT2D eigenvalue weighted by atomic mass is 32.1. The average molecular weight is 552 g/mol. The summed E-state index contributed by atoms with van der Waals surface area (Å²) in [5, 5.41) is 3.14. The van der Waals surface area contributed by atoms with Crippen LogP contribution in [0.2, 0.25) is 0 Å². The smallest absolute Gasteiger partial charge is 0.273 e. The minimum atomic E-state index is -1.10. The van der Waals surface area contributed by atoms with Crippen LogP contribution in [0.1, 0.15) is 68.6 Å². The molecule has 0 spiro atoms. The lowest BCUT2D eigenvalue weighted by molar-refractivity contribution is -0.123. The second kappa shape index (κ2) is 11.7. The van der Waals surface area contributed by atoms with Gasteiger partial charge in [-0.15, -0.1) is 0 Å². The van der Waals surface area contributed by atoms with Crippen molar-refractivity contribution in [3.05, 3.63) is 63.7 Å². The number of anilines is 2. The molecule has 1 saturated carbocycles. The maximum atomic E-state index is 14.3. The number of hydrogen-bond acceptors (Lipinski definition) is 8. The summed E-state index contributed by atoms with van der Waals surface area (Å²) in [6.07, 6.45) is 3.79. The largest absolute Gasteiger partial charge is 0.493 e. The summed E-state index contributed by atoms with van der Waals surface area (Å²) < 4.78 is 14.9. The molecule has 1 aliphatic carbocycles. The molecule has 0 radical (unpaired) electrons. The first kappa shape index (κ1) is 27.9. The Morgan fingerprint density at radius 1 is 1.03 bits per heavy atom. The van der Waals surface area contributed by atoms with Crippen molar-refractivity contribution in [2.75, 3.05) is 24.9 Å². The Hall–Kier alpha value is -4.12. The predicted molar refractivity (Wildman–Crippen MR) is 150 cm³/mol. The number of nitrogen functional groups attached to an aromatic ring is 1. The number of benzene rings is 2. The Morgan fingerprint density at radius 3 is 2.31 bits per heavy atom. The van der Waals surface area contributed by atoms with E-state index in [1.54, 1.807) is 24.3 Å². The second-order valence-corrected chi connectivity index (χ2v) is 10.4. The van der Waals surface area contributed by atoms with Crippen molar-refractivity contribution in [2.24, 2.45) is 5.73 Å². The van der Waals surface area contributed by atoms with Crippen LogP contribution in [0.5, 0.6) is 11.5 Å². The first-order valence-corrected chi connectivity index (χ1v) is 13.4. The molecule has 3 amide bonds. The van der Waals surface area contributed by atoms with Crippen LogP contribution in [0.3, 0.4) is 0 Å². The van der Waals surface area contributed by atoms with E-state index >= 15 is 0 Å². The number of hydrogen-bond donors (Lipinski definition) is 3. The summed E-state index contributed by atoms with van der Waals surface area (Å²) in [6.45, 7) is 3.89. The number of amides is 3. The Labute approximate surface area is 231 Å². The highest BCUT2D eigenvalue weighted by molar-refractivity contribution is 7.09. The van der Waals surface area contributed by atoms with Crippen LogP contribution in [-0.2, 0) is 4.79 Å². The maximum Gasteiger partial charge on any atom is 0.273 e. The second-order valence-electron chi connectivity index (χ2n) is 9.59. The van der Waals surface area contributed by atoms with Crippen LogP contribution in [-0.4, -0.2) is 42.4 Å². The SMILES string of the molecule is COc1ccc(C(C(=O)NC2CCCC2)N(C(=O)c2snc(C(N)=O)c2N)c2ccc(C)c(C)c2)cc1OC. The van der Waals surface area contributed by atoms with Crippen LogP contribution in [0.25, 0.3) is 0 Å². The molecule has 0 bridgehead atoms. The molecule has 0 saturated heterocycles. The fourth-order valence-electron chi connectivity index (χ4n) is 4.79. The lowest BCUT2D eigenvalue weighted by Gasteiger charge is -2.32. The van der Waals surface area contributed by atoms with Gasteiger partial charge in [-0.1, -0.05) is 25.0 Å². The number of primary amides is 1. The van der Waals surface area contributed by atoms with Crippen molar-refractivity contribution < 1.29 is 23.9 Å². The van der Waals surface area contributed by atoms with E-state index in [1.165, 1.54) is 19.1 Å². The summed E-state index contributed by atoms with van der Waals surface area (Å²) in [7, 11) is 3.03. The first-order valence-electron chi connectivity index (χ1n) is 12.6. The van der Waals surface area contributed by atoms with Crippen molar-refractivity contribution >= 4 is 40.6 Å². The number of ether oxygens (including phenoxy) is 2. The third-order valence-electron chi connectivity index (χ3n) is 7.07. The third kappa shape index (κ3) is 5.68. The van der Waals surface area contributed by atoms with E-state index < -0.39 is 17.9 Å². The van der Waals surface area contributed by atoms with Crippen molar-refractivity contribution in [3.63, 3.8) is 0 Å². The number of rotatable bonds is 9. The Kier molecular flexibility index (Phi) is 8.39. The van der Waals surface area contributed by atoms with E-state index in [1.807, 2.05) is 26.0 Å². The highest BCUT2D eigenvalue weighted by Crippen LogP contribution is 2.37. The third-order valence-corrected chi connectivity index (χ3v) is 7.93. The molecule has 1 unspecified atom stereocenters. The minimum Gasteiger partial charge on any atom is -0.493 e. The lowest BCUT2D eigenvalue weighted by Crippen LogP contribution is -2.46. The molecule has 3 aromatic rings. The first-order chi connectivity index (χ1) is 18.7. The van der Waals surface area contributed by atoms with Gasteiger partial charge in [0.25, 0.3) is 11.8 Å². The molecule has 10 nitrogen and oxygen atoms in total. The van der Waals surface area contributed by atoms with E-state index in [9.17, 15) is 14.4 Å². The van der Waals surface area contributed by atoms with Gasteiger partial charge in [-0.25, -0.2) is 0 Å². The van der Waals surface area contributed by atoms with Gasteiger partial charge in [-0.05, 0) is 79.2 Å². The summed E-state index contributed by atoms with van der Waals surface area (Å²) in [5.41, 5.74) is 14.2. The van der Waals surface area contributed by atoms with E-state index in [2.05, 4.69) is 9.69 Å². The molecule has 1 aromatic heterocycles. The van der Waals surface area contributed by atoms with E-state index in [0.29, 0.717) is 22.7 Å². The molecule has 0 aliphatic heterocycles. The Balaban J connectivity index is 1.92. The van der Waals surface area contributed by atoms with Crippen LogP contribution in [0.15, 0.2) is 36.4 Å². The number of aromatic nitrogens is 1. The molecule has 4 rings (SSSR count). The molecule has 5 N–H and O–H groups in total. The van der Waals surface area contributed by atoms with Crippen LogP contribution in [0.4, 0.5) is 11.4 Å². The summed E-state index contributed by atoms with van der Waals surface area (Å²) in [5.74, 6) is -0.871. The molecular weight excluding hydrogens is 518 g/mol. The molecule has 1 aliphatic rings. The lowest BCUT2D eigenvalue weighted by atomic mass is 10.00. The van der Waals surface area contributed by atoms with Gasteiger partial charge >= 0.3 is 0 Å². The molecule has 1 atom stereocenters. The van der Waals surface area contributed by atoms with E-state index in [0.717, 1.165) is 48.3 Å². The molecule has 206 valence electrons. The topological polar surface area (TPSA) is 150 Å². The number of nitrogens with two attached hydrogens (primary N) is 2. The van der Waals surface area contributed by atoms with Gasteiger partial charge in [0.1, 0.15) is 10.9 Å². The van der Waals surface area contributed by atoms with Gasteiger partial charge in [0, 0.05) is 11.7 Å². The predicted octanol–water partition coefficient (Wildman–Crippen LogP) is 3.91. The van der Waals surface area contributed by atoms with Gasteiger partial charge in [0.15, 0.2) is 17.2 Å². The molecular formula is C28H33N5O5S. The molecule has 1 heterocycles. The normalized spacial score (nSPS) is 14.1. The number of carbonyl (C=O) groups is 3. The van der Waals surface area contributed by atoms with Crippen molar-refractivity contribution in [2.45, 2.75) is 51.6 Å². The number of aryl methyl sites for hydroxylation is 2. The van der Waals surface area contributed by atoms with E-state index in [-0.39, 0.29) is 28.2 Å². The van der Waals surface area contributed by atoms with Gasteiger partial charge in [0.05, 0.1) is 19.9 Å². The zero-order chi connectivity index (χ0) is 28.3. The summed E-state index contributed by atoms with van der Waals surface area (Å²) in [4.78, 5) is 41.6. The van der Waals surface area contributed by atoms with Crippen LogP contribution < -0.4 is 31.2 Å². The minimum absolute atomic E-state index is 0.00629. The zero-order valence-corrected chi connectivity index (χ0v) is 23.3. The Morgan fingerprint density at radius 2 is 1.72 bits per heavy atom. The number of carbonyl (C=O) groups excluding carboxylic acids is 3. The van der Waals surface area contributed by atoms with Crippen molar-refractivity contribution in [1.82, 2.24) is 9.69 Å². The molecule has 2 aromatic carbocycles. The standard InChI is InChI=1S/C28H33N5O5S/c1-15-9-11-19(13-16(15)2)33(28(36)25-22(29)23(26(30)34)32-39-25)24(27(35)31-18-7-5-6-8-18)17-10-12-20(37-3)21(14-17)38-4/h9-14,18,24H,5-8,29H2,1-4H3,(H2,30,34)(H,31,35). The molecule has 11 heteroatoms. The van der Waals surface area contributed by atoms with Gasteiger partial charge in [-0.3, -0.25) is 19.3 Å². The molecule has 39 heavy (non-hydrogen) atoms. The Bertz CT molecular complexity index is 1400. The van der Waals surface area contributed by atoms with E-state index in [4.69, 9.17) is 20.9 Å². The van der Waals surface area contributed by atoms with Crippen LogP contribution >= 0.6 is 11.5 Å². The van der Waals surface area contributed by atoms with Gasteiger partial charge in [-0.2, -0.15) is 4.37 Å². The van der Waals surface area contributed by atoms with Crippen LogP contribution in [0, 0.1) is 13.8 Å².